The summed E-state index contributed by atoms with van der Waals surface area (Å²) >= 11 is 0. The van der Waals surface area contributed by atoms with Crippen molar-refractivity contribution in [3.8, 4) is 0 Å². The fourth-order valence-corrected chi connectivity index (χ4v) is 2.25. The second-order valence-corrected chi connectivity index (χ2v) is 5.15. The molecule has 0 aromatic heterocycles. The van der Waals surface area contributed by atoms with E-state index in [-0.39, 0.29) is 37.7 Å². The number of rotatable bonds is 9. The van der Waals surface area contributed by atoms with Gasteiger partial charge in [-0.25, -0.2) is 0 Å². The molecule has 1 rings (SSSR count). The summed E-state index contributed by atoms with van der Waals surface area (Å²) in [5, 5.41) is 5.96. The Morgan fingerprint density at radius 2 is 1.95 bits per heavy atom. The number of ether oxygens (including phenoxy) is 1. The van der Waals surface area contributed by atoms with Gasteiger partial charge in [0.2, 0.25) is 5.91 Å². The first-order valence-electron chi connectivity index (χ1n) is 7.38. The van der Waals surface area contributed by atoms with Gasteiger partial charge in [0.1, 0.15) is 18.7 Å². The molecule has 0 spiro atoms. The van der Waals surface area contributed by atoms with Gasteiger partial charge in [-0.3, -0.25) is 14.5 Å². The molecule has 8 nitrogen and oxygen atoms in total. The smallest absolute Gasteiger partial charge is 0.320 e. The number of nitrogens with zero attached hydrogens (tertiary/aromatic N) is 1. The van der Waals surface area contributed by atoms with Crippen LogP contribution in [-0.4, -0.2) is 74.2 Å². The number of hydrogen-bond donors (Lipinski definition) is 2. The van der Waals surface area contributed by atoms with Gasteiger partial charge < -0.3 is 25.0 Å². The van der Waals surface area contributed by atoms with Crippen molar-refractivity contribution in [1.82, 2.24) is 15.5 Å². The van der Waals surface area contributed by atoms with Crippen LogP contribution >= 0.6 is 0 Å². The third-order valence-electron chi connectivity index (χ3n) is 3.31. The Morgan fingerprint density at radius 3 is 2.55 bits per heavy atom. The molecule has 0 aliphatic carbocycles. The number of amides is 1. The summed E-state index contributed by atoms with van der Waals surface area (Å²) in [4.78, 5) is 45.6. The summed E-state index contributed by atoms with van der Waals surface area (Å²) in [6, 6.07) is -0.0694. The maximum Gasteiger partial charge on any atom is 0.320 e. The zero-order chi connectivity index (χ0) is 16.4. The average molecular weight is 313 g/mol. The highest BCUT2D eigenvalue weighted by Gasteiger charge is 2.25. The zero-order valence-electron chi connectivity index (χ0n) is 12.7. The number of carbonyl (C=O) groups excluding carboxylic acids is 4. The molecule has 124 valence electrons. The molecule has 1 aliphatic heterocycles. The maximum atomic E-state index is 11.8. The summed E-state index contributed by atoms with van der Waals surface area (Å²) in [5.74, 6) is -0.528. The van der Waals surface area contributed by atoms with Crippen molar-refractivity contribution in [2.75, 3.05) is 32.7 Å². The summed E-state index contributed by atoms with van der Waals surface area (Å²) < 4.78 is 5.33. The van der Waals surface area contributed by atoms with Gasteiger partial charge in [0.05, 0.1) is 19.6 Å². The van der Waals surface area contributed by atoms with Crippen LogP contribution in [0.15, 0.2) is 0 Å². The van der Waals surface area contributed by atoms with Crippen LogP contribution in [0.3, 0.4) is 0 Å². The van der Waals surface area contributed by atoms with E-state index in [1.807, 2.05) is 0 Å². The highest BCUT2D eigenvalue weighted by molar-refractivity contribution is 5.76. The molecule has 22 heavy (non-hydrogen) atoms. The summed E-state index contributed by atoms with van der Waals surface area (Å²) in [5.41, 5.74) is 0. The van der Waals surface area contributed by atoms with E-state index in [9.17, 15) is 19.2 Å². The minimum Gasteiger partial charge on any atom is -0.460 e. The van der Waals surface area contributed by atoms with Crippen LogP contribution in [0.1, 0.15) is 19.8 Å². The summed E-state index contributed by atoms with van der Waals surface area (Å²) in [7, 11) is 0. The first kappa shape index (κ1) is 18.2. The van der Waals surface area contributed by atoms with Crippen molar-refractivity contribution < 1.29 is 23.9 Å². The van der Waals surface area contributed by atoms with Gasteiger partial charge in [-0.05, 0) is 0 Å². The standard InChI is InChI=1S/C14H23N3O5/c1-2-13(20)16-11-7-12(9-15-8-11)22-14(21)10-17(3-5-18)4-6-19/h5-6,11-12,15H,2-4,7-10H2,1H3,(H,16,20). The van der Waals surface area contributed by atoms with Gasteiger partial charge in [-0.15, -0.1) is 0 Å². The Hall–Kier alpha value is -1.80. The van der Waals surface area contributed by atoms with Gasteiger partial charge in [-0.2, -0.15) is 0 Å². The third kappa shape index (κ3) is 6.77. The first-order valence-corrected chi connectivity index (χ1v) is 7.38. The Kier molecular flexibility index (Phi) is 8.31. The van der Waals surface area contributed by atoms with Crippen molar-refractivity contribution in [2.24, 2.45) is 0 Å². The van der Waals surface area contributed by atoms with Crippen LogP contribution in [-0.2, 0) is 23.9 Å². The minimum atomic E-state index is -0.488. The van der Waals surface area contributed by atoms with Gasteiger partial charge >= 0.3 is 5.97 Å². The van der Waals surface area contributed by atoms with Gasteiger partial charge in [0, 0.05) is 32.0 Å². The molecule has 2 atom stereocenters. The number of carbonyl (C=O) groups is 4. The first-order chi connectivity index (χ1) is 10.6. The normalized spacial score (nSPS) is 21.2. The lowest BCUT2D eigenvalue weighted by Gasteiger charge is -2.30. The fraction of sp³-hybridized carbons (Fsp3) is 0.714. The molecular weight excluding hydrogens is 290 g/mol. The number of nitrogens with one attached hydrogen (secondary N) is 2. The lowest BCUT2D eigenvalue weighted by Crippen LogP contribution is -2.52. The molecule has 1 aliphatic rings. The molecule has 0 aromatic rings. The summed E-state index contributed by atoms with van der Waals surface area (Å²) in [6.45, 7) is 2.84. The van der Waals surface area contributed by atoms with E-state index in [2.05, 4.69) is 10.6 Å². The molecule has 0 bridgehead atoms. The van der Waals surface area contributed by atoms with Crippen molar-refractivity contribution in [3.05, 3.63) is 0 Å². The zero-order valence-corrected chi connectivity index (χ0v) is 12.7. The lowest BCUT2D eigenvalue weighted by molar-refractivity contribution is -0.151. The summed E-state index contributed by atoms with van der Waals surface area (Å²) in [6.07, 6.45) is 1.89. The molecule has 2 N–H and O–H groups in total. The number of aldehydes is 2. The van der Waals surface area contributed by atoms with E-state index >= 15 is 0 Å². The quantitative estimate of drug-likeness (QED) is 0.394. The number of esters is 1. The van der Waals surface area contributed by atoms with Crippen LogP contribution in [0.5, 0.6) is 0 Å². The van der Waals surface area contributed by atoms with Crippen LogP contribution < -0.4 is 10.6 Å². The van der Waals surface area contributed by atoms with Crippen molar-refractivity contribution in [3.63, 3.8) is 0 Å². The molecule has 1 saturated heterocycles. The molecule has 1 fully saturated rings. The van der Waals surface area contributed by atoms with E-state index in [4.69, 9.17) is 4.74 Å². The Bertz CT molecular complexity index is 392. The fourth-order valence-electron chi connectivity index (χ4n) is 2.25. The van der Waals surface area contributed by atoms with Crippen LogP contribution in [0, 0.1) is 0 Å². The number of piperidine rings is 1. The van der Waals surface area contributed by atoms with Crippen LogP contribution in [0.25, 0.3) is 0 Å². The van der Waals surface area contributed by atoms with Gasteiger partial charge in [0.15, 0.2) is 0 Å². The average Bonchev–Trinajstić information content (AvgIpc) is 2.47. The molecule has 8 heteroatoms. The van der Waals surface area contributed by atoms with Gasteiger partial charge in [-0.1, -0.05) is 6.92 Å². The SMILES string of the molecule is CCC(=O)NC1CNCC(OC(=O)CN(CC=O)CC=O)C1. The Balaban J connectivity index is 2.40. The number of hydrogen-bond acceptors (Lipinski definition) is 7. The lowest BCUT2D eigenvalue weighted by atomic mass is 10.0. The van der Waals surface area contributed by atoms with E-state index in [1.165, 1.54) is 4.90 Å². The predicted octanol–water partition coefficient (Wildman–Crippen LogP) is -1.51. The van der Waals surface area contributed by atoms with E-state index in [0.29, 0.717) is 38.5 Å². The maximum absolute atomic E-state index is 11.8. The Labute approximate surface area is 129 Å². The van der Waals surface area contributed by atoms with Crippen LogP contribution in [0.2, 0.25) is 0 Å². The van der Waals surface area contributed by atoms with Crippen molar-refractivity contribution >= 4 is 24.4 Å². The second kappa shape index (κ2) is 10.0. The predicted molar refractivity (Wildman–Crippen MR) is 78.2 cm³/mol. The topological polar surface area (TPSA) is 105 Å². The van der Waals surface area contributed by atoms with E-state index in [1.54, 1.807) is 6.92 Å². The minimum absolute atomic E-state index is 0.00589. The highest BCUT2D eigenvalue weighted by Crippen LogP contribution is 2.08. The molecule has 2 unspecified atom stereocenters. The molecule has 1 heterocycles. The monoisotopic (exact) mass is 313 g/mol. The third-order valence-corrected chi connectivity index (χ3v) is 3.31. The molecular formula is C14H23N3O5. The van der Waals surface area contributed by atoms with Crippen molar-refractivity contribution in [1.29, 1.82) is 0 Å². The molecule has 0 aromatic carbocycles. The largest absolute Gasteiger partial charge is 0.460 e. The molecule has 0 saturated carbocycles. The van der Waals surface area contributed by atoms with Gasteiger partial charge in [0.25, 0.3) is 0 Å². The highest BCUT2D eigenvalue weighted by atomic mass is 16.5. The second-order valence-electron chi connectivity index (χ2n) is 5.15. The van der Waals surface area contributed by atoms with Crippen molar-refractivity contribution in [2.45, 2.75) is 31.9 Å². The Morgan fingerprint density at radius 1 is 1.27 bits per heavy atom. The molecule has 1 amide bonds. The molecule has 0 radical (unpaired) electrons. The van der Waals surface area contributed by atoms with Crippen LogP contribution in [0.4, 0.5) is 0 Å². The van der Waals surface area contributed by atoms with E-state index in [0.717, 1.165) is 0 Å². The van der Waals surface area contributed by atoms with E-state index < -0.39 is 5.97 Å².